The number of halogens is 2. The number of thioether (sulfide) groups is 1. The van der Waals surface area contributed by atoms with Gasteiger partial charge in [0.2, 0.25) is 0 Å². The maximum atomic E-state index is 13.5. The Morgan fingerprint density at radius 1 is 1.14 bits per heavy atom. The van der Waals surface area contributed by atoms with E-state index in [0.29, 0.717) is 11.5 Å². The van der Waals surface area contributed by atoms with Crippen molar-refractivity contribution in [2.24, 2.45) is 0 Å². The van der Waals surface area contributed by atoms with Crippen LogP contribution in [-0.2, 0) is 5.75 Å². The van der Waals surface area contributed by atoms with Crippen molar-refractivity contribution < 1.29 is 23.6 Å². The fourth-order valence-electron chi connectivity index (χ4n) is 1.82. The molecule has 0 atom stereocenters. The van der Waals surface area contributed by atoms with Gasteiger partial charge in [0.05, 0.1) is 7.11 Å². The quantitative estimate of drug-likeness (QED) is 0.655. The second-order valence-corrected chi connectivity index (χ2v) is 5.33. The maximum absolute atomic E-state index is 13.5. The van der Waals surface area contributed by atoms with Crippen molar-refractivity contribution in [1.82, 2.24) is 0 Å². The van der Waals surface area contributed by atoms with E-state index in [1.54, 1.807) is 18.2 Å². The van der Waals surface area contributed by atoms with Gasteiger partial charge in [-0.15, -0.1) is 11.8 Å². The SMILES string of the molecule is COc1ccc(CSc2cc(F)ccc2F)cc1B(O)O. The predicted octanol–water partition coefficient (Wildman–Crippen LogP) is 1.95. The standard InChI is InChI=1S/C14H13BF2O3S/c1-20-13-5-2-9(6-11(13)15(18)19)8-21-14-7-10(16)3-4-12(14)17/h2-7,18-19H,8H2,1H3. The fraction of sp³-hybridized carbons (Fsp3) is 0.143. The zero-order valence-corrected chi connectivity index (χ0v) is 12.0. The van der Waals surface area contributed by atoms with Gasteiger partial charge < -0.3 is 14.8 Å². The van der Waals surface area contributed by atoms with Crippen molar-refractivity contribution >= 4 is 24.3 Å². The Balaban J connectivity index is 2.16. The first-order chi connectivity index (χ1) is 10.0. The largest absolute Gasteiger partial charge is 0.497 e. The molecule has 2 aromatic rings. The van der Waals surface area contributed by atoms with Crippen molar-refractivity contribution in [3.63, 3.8) is 0 Å². The van der Waals surface area contributed by atoms with Crippen molar-refractivity contribution in [3.8, 4) is 5.75 Å². The first-order valence-corrected chi connectivity index (χ1v) is 7.10. The lowest BCUT2D eigenvalue weighted by Gasteiger charge is -2.10. The predicted molar refractivity (Wildman–Crippen MR) is 78.7 cm³/mol. The molecule has 2 N–H and O–H groups in total. The highest BCUT2D eigenvalue weighted by atomic mass is 32.2. The number of hydrogen-bond acceptors (Lipinski definition) is 4. The average Bonchev–Trinajstić information content (AvgIpc) is 2.47. The molecule has 110 valence electrons. The van der Waals surface area contributed by atoms with Crippen molar-refractivity contribution in [2.45, 2.75) is 10.6 Å². The monoisotopic (exact) mass is 310 g/mol. The molecule has 0 aliphatic rings. The molecule has 2 aromatic carbocycles. The number of benzene rings is 2. The van der Waals surface area contributed by atoms with Gasteiger partial charge in [-0.3, -0.25) is 0 Å². The molecule has 0 saturated heterocycles. The molecule has 0 aromatic heterocycles. The van der Waals surface area contributed by atoms with E-state index in [9.17, 15) is 18.8 Å². The Morgan fingerprint density at radius 2 is 1.90 bits per heavy atom. The molecule has 0 saturated carbocycles. The van der Waals surface area contributed by atoms with Crippen LogP contribution < -0.4 is 10.2 Å². The highest BCUT2D eigenvalue weighted by Gasteiger charge is 2.17. The van der Waals surface area contributed by atoms with Gasteiger partial charge >= 0.3 is 7.12 Å². The minimum atomic E-state index is -1.66. The summed E-state index contributed by atoms with van der Waals surface area (Å²) < 4.78 is 31.6. The molecule has 0 heterocycles. The third-order valence-corrected chi connectivity index (χ3v) is 3.96. The summed E-state index contributed by atoms with van der Waals surface area (Å²) in [5.74, 6) is -0.266. The van der Waals surface area contributed by atoms with Gasteiger partial charge in [0.25, 0.3) is 0 Å². The van der Waals surface area contributed by atoms with Crippen LogP contribution in [0.5, 0.6) is 5.75 Å². The van der Waals surface area contributed by atoms with Crippen LogP contribution in [0.25, 0.3) is 0 Å². The highest BCUT2D eigenvalue weighted by Crippen LogP contribution is 2.26. The summed E-state index contributed by atoms with van der Waals surface area (Å²) in [6.45, 7) is 0. The molecule has 0 bridgehead atoms. The molecule has 0 aliphatic carbocycles. The number of hydrogen-bond donors (Lipinski definition) is 2. The normalized spacial score (nSPS) is 10.5. The van der Waals surface area contributed by atoms with Crippen LogP contribution in [0.3, 0.4) is 0 Å². The molecule has 21 heavy (non-hydrogen) atoms. The zero-order chi connectivity index (χ0) is 15.4. The number of rotatable bonds is 5. The molecule has 7 heteroatoms. The fourth-order valence-corrected chi connectivity index (χ4v) is 2.73. The average molecular weight is 310 g/mol. The number of ether oxygens (including phenoxy) is 1. The van der Waals surface area contributed by atoms with E-state index in [1.807, 2.05) is 0 Å². The van der Waals surface area contributed by atoms with Crippen LogP contribution in [-0.4, -0.2) is 24.3 Å². The van der Waals surface area contributed by atoms with E-state index in [-0.39, 0.29) is 10.4 Å². The second kappa shape index (κ2) is 6.93. The van der Waals surface area contributed by atoms with Crippen LogP contribution in [0.15, 0.2) is 41.3 Å². The molecule has 0 unspecified atom stereocenters. The van der Waals surface area contributed by atoms with E-state index < -0.39 is 18.8 Å². The molecule has 0 amide bonds. The topological polar surface area (TPSA) is 49.7 Å². The lowest BCUT2D eigenvalue weighted by molar-refractivity contribution is 0.403. The summed E-state index contributed by atoms with van der Waals surface area (Å²) in [4.78, 5) is 0.205. The summed E-state index contributed by atoms with van der Waals surface area (Å²) >= 11 is 1.13. The van der Waals surface area contributed by atoms with Crippen LogP contribution in [0, 0.1) is 11.6 Å². The first kappa shape index (κ1) is 15.8. The Kier molecular flexibility index (Phi) is 5.22. The van der Waals surface area contributed by atoms with Crippen LogP contribution in [0.2, 0.25) is 0 Å². The van der Waals surface area contributed by atoms with E-state index in [4.69, 9.17) is 4.74 Å². The first-order valence-electron chi connectivity index (χ1n) is 6.12. The second-order valence-electron chi connectivity index (χ2n) is 4.31. The van der Waals surface area contributed by atoms with Gasteiger partial charge in [0.15, 0.2) is 0 Å². The van der Waals surface area contributed by atoms with Gasteiger partial charge in [-0.1, -0.05) is 12.1 Å². The molecule has 0 radical (unpaired) electrons. The lowest BCUT2D eigenvalue weighted by atomic mass is 9.79. The van der Waals surface area contributed by atoms with Gasteiger partial charge in [-0.05, 0) is 29.8 Å². The summed E-state index contributed by atoms with van der Waals surface area (Å²) in [6.07, 6.45) is 0. The molecular formula is C14H13BF2O3S. The van der Waals surface area contributed by atoms with Gasteiger partial charge in [-0.25, -0.2) is 8.78 Å². The lowest BCUT2D eigenvalue weighted by Crippen LogP contribution is -2.31. The Labute approximate surface area is 125 Å². The summed E-state index contributed by atoms with van der Waals surface area (Å²) in [6, 6.07) is 8.17. The molecule has 0 spiro atoms. The minimum Gasteiger partial charge on any atom is -0.497 e. The smallest absolute Gasteiger partial charge is 0.492 e. The van der Waals surface area contributed by atoms with E-state index in [2.05, 4.69) is 0 Å². The Hall–Kier alpha value is -1.57. The van der Waals surface area contributed by atoms with Crippen molar-refractivity contribution in [3.05, 3.63) is 53.6 Å². The summed E-state index contributed by atoms with van der Waals surface area (Å²) in [7, 11) is -0.228. The highest BCUT2D eigenvalue weighted by molar-refractivity contribution is 7.98. The van der Waals surface area contributed by atoms with Crippen LogP contribution >= 0.6 is 11.8 Å². The third-order valence-electron chi connectivity index (χ3n) is 2.86. The van der Waals surface area contributed by atoms with Crippen molar-refractivity contribution in [1.29, 1.82) is 0 Å². The number of methoxy groups -OCH3 is 1. The summed E-state index contributed by atoms with van der Waals surface area (Å²) in [5.41, 5.74) is 0.975. The van der Waals surface area contributed by atoms with Crippen molar-refractivity contribution in [2.75, 3.05) is 7.11 Å². The van der Waals surface area contributed by atoms with E-state index in [0.717, 1.165) is 35.5 Å². The zero-order valence-electron chi connectivity index (χ0n) is 11.2. The molecule has 0 aliphatic heterocycles. The third kappa shape index (κ3) is 3.97. The van der Waals surface area contributed by atoms with Gasteiger partial charge in [0.1, 0.15) is 17.4 Å². The van der Waals surface area contributed by atoms with E-state index >= 15 is 0 Å². The van der Waals surface area contributed by atoms with Crippen LogP contribution in [0.1, 0.15) is 5.56 Å². The molecule has 0 fully saturated rings. The van der Waals surface area contributed by atoms with E-state index in [1.165, 1.54) is 7.11 Å². The Bertz CT molecular complexity index is 638. The Morgan fingerprint density at radius 3 is 2.57 bits per heavy atom. The maximum Gasteiger partial charge on any atom is 0.492 e. The molecule has 3 nitrogen and oxygen atoms in total. The van der Waals surface area contributed by atoms with Crippen LogP contribution in [0.4, 0.5) is 8.78 Å². The minimum absolute atomic E-state index is 0.205. The molecule has 2 rings (SSSR count). The summed E-state index contributed by atoms with van der Waals surface area (Å²) in [5, 5.41) is 18.6. The molecular weight excluding hydrogens is 297 g/mol. The van der Waals surface area contributed by atoms with Gasteiger partial charge in [-0.2, -0.15) is 0 Å². The van der Waals surface area contributed by atoms with Gasteiger partial charge in [0, 0.05) is 16.1 Å².